The Morgan fingerprint density at radius 3 is 3.15 bits per heavy atom. The Morgan fingerprint density at radius 1 is 1.69 bits per heavy atom. The van der Waals surface area contributed by atoms with Crippen molar-refractivity contribution in [1.82, 2.24) is 19.5 Å². The number of aromatic amines is 1. The van der Waals surface area contributed by atoms with Crippen LogP contribution < -0.4 is 11.3 Å². The predicted octanol–water partition coefficient (Wildman–Crippen LogP) is 0.0943. The van der Waals surface area contributed by atoms with Crippen molar-refractivity contribution in [3.63, 3.8) is 0 Å². The third kappa shape index (κ3) is 1.19. The standard InChI is InChI=1S/C6H6IN5O/c7-1-12-5(13)3-4(10-2-9-3)11-6(12)8/h2H,1H2,(H2,8,11)(H,9,10). The Morgan fingerprint density at radius 2 is 2.46 bits per heavy atom. The fourth-order valence-corrected chi connectivity index (χ4v) is 1.71. The number of hydrogen-bond acceptors (Lipinski definition) is 4. The lowest BCUT2D eigenvalue weighted by atomic mass is 10.5. The minimum absolute atomic E-state index is 0.186. The average Bonchev–Trinajstić information content (AvgIpc) is 2.53. The van der Waals surface area contributed by atoms with Crippen molar-refractivity contribution >= 4 is 39.7 Å². The Balaban J connectivity index is 2.93. The van der Waals surface area contributed by atoms with Gasteiger partial charge in [0.25, 0.3) is 5.56 Å². The van der Waals surface area contributed by atoms with E-state index in [0.29, 0.717) is 15.7 Å². The summed E-state index contributed by atoms with van der Waals surface area (Å²) in [6.45, 7) is 0. The zero-order valence-electron chi connectivity index (χ0n) is 6.49. The normalized spacial score (nSPS) is 10.8. The van der Waals surface area contributed by atoms with E-state index in [4.69, 9.17) is 5.73 Å². The van der Waals surface area contributed by atoms with Crippen molar-refractivity contribution in [2.75, 3.05) is 5.73 Å². The van der Waals surface area contributed by atoms with Crippen LogP contribution in [0.5, 0.6) is 0 Å². The molecule has 0 aromatic carbocycles. The second-order valence-corrected chi connectivity index (χ2v) is 3.11. The second-order valence-electron chi connectivity index (χ2n) is 2.42. The van der Waals surface area contributed by atoms with E-state index < -0.39 is 0 Å². The number of anilines is 1. The van der Waals surface area contributed by atoms with E-state index in [-0.39, 0.29) is 11.5 Å². The monoisotopic (exact) mass is 291 g/mol. The van der Waals surface area contributed by atoms with Crippen molar-refractivity contribution in [2.24, 2.45) is 0 Å². The van der Waals surface area contributed by atoms with Crippen molar-refractivity contribution in [1.29, 1.82) is 0 Å². The summed E-state index contributed by atoms with van der Waals surface area (Å²) < 4.78 is 1.85. The van der Waals surface area contributed by atoms with E-state index >= 15 is 0 Å². The highest BCUT2D eigenvalue weighted by Gasteiger charge is 2.08. The summed E-state index contributed by atoms with van der Waals surface area (Å²) in [4.78, 5) is 22.1. The maximum Gasteiger partial charge on any atom is 0.281 e. The maximum atomic E-state index is 11.6. The molecule has 2 heterocycles. The molecule has 3 N–H and O–H groups in total. The highest BCUT2D eigenvalue weighted by molar-refractivity contribution is 14.1. The number of hydrogen-bond donors (Lipinski definition) is 2. The first kappa shape index (κ1) is 8.48. The van der Waals surface area contributed by atoms with Crippen LogP contribution in [-0.4, -0.2) is 19.5 Å². The summed E-state index contributed by atoms with van der Waals surface area (Å²) in [5.74, 6) is 0.194. The third-order valence-electron chi connectivity index (χ3n) is 1.69. The molecule has 0 radical (unpaired) electrons. The molecule has 2 aromatic rings. The number of imidazole rings is 1. The quantitative estimate of drug-likeness (QED) is 0.576. The van der Waals surface area contributed by atoms with E-state index in [1.807, 2.05) is 22.6 Å². The molecule has 2 aromatic heterocycles. The van der Waals surface area contributed by atoms with Crippen LogP contribution in [0.3, 0.4) is 0 Å². The molecule has 0 spiro atoms. The highest BCUT2D eigenvalue weighted by Crippen LogP contribution is 2.04. The molecule has 0 atom stereocenters. The second kappa shape index (κ2) is 2.98. The molecule has 0 saturated heterocycles. The number of fused-ring (bicyclic) bond motifs is 1. The van der Waals surface area contributed by atoms with E-state index in [1.165, 1.54) is 10.9 Å². The molecule has 0 fully saturated rings. The Bertz CT molecular complexity index is 501. The molecular formula is C6H6IN5O. The van der Waals surface area contributed by atoms with Gasteiger partial charge in [0.05, 0.1) is 10.9 Å². The number of aromatic nitrogens is 4. The number of alkyl halides is 1. The van der Waals surface area contributed by atoms with Gasteiger partial charge in [-0.05, 0) is 0 Å². The van der Waals surface area contributed by atoms with Gasteiger partial charge in [-0.1, -0.05) is 22.6 Å². The van der Waals surface area contributed by atoms with Crippen molar-refractivity contribution in [2.45, 2.75) is 4.55 Å². The van der Waals surface area contributed by atoms with Gasteiger partial charge in [-0.2, -0.15) is 4.98 Å². The average molecular weight is 291 g/mol. The van der Waals surface area contributed by atoms with Crippen LogP contribution in [0.15, 0.2) is 11.1 Å². The largest absolute Gasteiger partial charge is 0.369 e. The highest BCUT2D eigenvalue weighted by atomic mass is 127. The minimum atomic E-state index is -0.186. The number of nitrogens with zero attached hydrogens (tertiary/aromatic N) is 3. The van der Waals surface area contributed by atoms with E-state index in [1.54, 1.807) is 0 Å². The third-order valence-corrected chi connectivity index (χ3v) is 2.38. The lowest BCUT2D eigenvalue weighted by molar-refractivity contribution is 0.858. The van der Waals surface area contributed by atoms with Gasteiger partial charge in [0, 0.05) is 0 Å². The number of rotatable bonds is 1. The number of nitrogens with two attached hydrogens (primary N) is 1. The van der Waals surface area contributed by atoms with E-state index in [0.717, 1.165) is 0 Å². The summed E-state index contributed by atoms with van der Waals surface area (Å²) in [6.07, 6.45) is 1.43. The van der Waals surface area contributed by atoms with Gasteiger partial charge >= 0.3 is 0 Å². The van der Waals surface area contributed by atoms with Gasteiger partial charge in [0.1, 0.15) is 0 Å². The number of nitrogen functional groups attached to an aromatic ring is 1. The maximum absolute atomic E-state index is 11.6. The molecular weight excluding hydrogens is 285 g/mol. The molecule has 0 bridgehead atoms. The molecule has 68 valence electrons. The fraction of sp³-hybridized carbons (Fsp3) is 0.167. The van der Waals surface area contributed by atoms with Crippen LogP contribution >= 0.6 is 22.6 Å². The summed E-state index contributed by atoms with van der Waals surface area (Å²) in [6, 6.07) is 0. The first-order valence-corrected chi connectivity index (χ1v) is 5.02. The molecule has 2 rings (SSSR count). The first-order chi connectivity index (χ1) is 6.24. The molecule has 0 saturated carbocycles. The SMILES string of the molecule is Nc1nc2nc[nH]c2c(=O)n1CI. The summed E-state index contributed by atoms with van der Waals surface area (Å²) >= 11 is 2.04. The molecule has 0 aliphatic heterocycles. The Labute approximate surface area is 86.3 Å². The number of halogens is 1. The summed E-state index contributed by atoms with van der Waals surface area (Å²) in [5.41, 5.74) is 6.12. The van der Waals surface area contributed by atoms with Crippen molar-refractivity contribution < 1.29 is 0 Å². The smallest absolute Gasteiger partial charge is 0.281 e. The summed E-state index contributed by atoms with van der Waals surface area (Å²) in [7, 11) is 0. The minimum Gasteiger partial charge on any atom is -0.369 e. The zero-order chi connectivity index (χ0) is 9.42. The molecule has 6 nitrogen and oxygen atoms in total. The molecule has 13 heavy (non-hydrogen) atoms. The zero-order valence-corrected chi connectivity index (χ0v) is 8.65. The van der Waals surface area contributed by atoms with Crippen LogP contribution in [0.2, 0.25) is 0 Å². The van der Waals surface area contributed by atoms with Crippen LogP contribution in [0.25, 0.3) is 11.2 Å². The lowest BCUT2D eigenvalue weighted by Crippen LogP contribution is -2.22. The summed E-state index contributed by atoms with van der Waals surface area (Å²) in [5, 5.41) is 0. The fourth-order valence-electron chi connectivity index (χ4n) is 1.05. The van der Waals surface area contributed by atoms with Crippen LogP contribution in [0.1, 0.15) is 0 Å². The molecule has 0 unspecified atom stereocenters. The van der Waals surface area contributed by atoms with Gasteiger partial charge in [-0.3, -0.25) is 9.36 Å². The Kier molecular flexibility index (Phi) is 1.94. The van der Waals surface area contributed by atoms with Gasteiger partial charge in [0.2, 0.25) is 5.95 Å². The van der Waals surface area contributed by atoms with Crippen LogP contribution in [0.4, 0.5) is 5.95 Å². The topological polar surface area (TPSA) is 89.6 Å². The van der Waals surface area contributed by atoms with Crippen LogP contribution in [-0.2, 0) is 4.55 Å². The number of H-pyrrole nitrogens is 1. The molecule has 0 amide bonds. The van der Waals surface area contributed by atoms with Gasteiger partial charge in [-0.15, -0.1) is 0 Å². The van der Waals surface area contributed by atoms with Gasteiger partial charge in [0.15, 0.2) is 11.2 Å². The molecule has 0 aliphatic rings. The van der Waals surface area contributed by atoms with Crippen molar-refractivity contribution in [3.8, 4) is 0 Å². The van der Waals surface area contributed by atoms with Crippen molar-refractivity contribution in [3.05, 3.63) is 16.7 Å². The molecule has 0 aliphatic carbocycles. The number of nitrogens with one attached hydrogen (secondary N) is 1. The molecule has 7 heteroatoms. The predicted molar refractivity (Wildman–Crippen MR) is 56.6 cm³/mol. The lowest BCUT2D eigenvalue weighted by Gasteiger charge is -2.02. The van der Waals surface area contributed by atoms with Gasteiger partial charge < -0.3 is 10.7 Å². The van der Waals surface area contributed by atoms with Gasteiger partial charge in [-0.25, -0.2) is 4.98 Å². The Hall–Kier alpha value is -1.12. The van der Waals surface area contributed by atoms with E-state index in [2.05, 4.69) is 15.0 Å². The van der Waals surface area contributed by atoms with Crippen LogP contribution in [0, 0.1) is 0 Å². The van der Waals surface area contributed by atoms with E-state index in [9.17, 15) is 4.79 Å². The first-order valence-electron chi connectivity index (χ1n) is 3.49.